The molecule has 0 spiro atoms. The summed E-state index contributed by atoms with van der Waals surface area (Å²) in [6.07, 6.45) is 2.13. The second-order valence-corrected chi connectivity index (χ2v) is 3.85. The lowest BCUT2D eigenvalue weighted by Gasteiger charge is -2.07. The van der Waals surface area contributed by atoms with Crippen LogP contribution in [0.25, 0.3) is 0 Å². The molecule has 0 radical (unpaired) electrons. The van der Waals surface area contributed by atoms with Gasteiger partial charge in [-0.15, -0.1) is 0 Å². The third kappa shape index (κ3) is 4.45. The Morgan fingerprint density at radius 3 is 2.67 bits per heavy atom. The summed E-state index contributed by atoms with van der Waals surface area (Å²) in [6.45, 7) is 5.45. The SMILES string of the molecule is COCOCCCc1ccc(C)cc1C. The van der Waals surface area contributed by atoms with Crippen molar-refractivity contribution in [1.29, 1.82) is 0 Å². The van der Waals surface area contributed by atoms with E-state index >= 15 is 0 Å². The van der Waals surface area contributed by atoms with Crippen LogP contribution in [0.1, 0.15) is 23.1 Å². The van der Waals surface area contributed by atoms with Crippen LogP contribution in [-0.2, 0) is 15.9 Å². The average Bonchev–Trinajstić information content (AvgIpc) is 2.20. The molecule has 2 heteroatoms. The fourth-order valence-corrected chi connectivity index (χ4v) is 1.63. The molecule has 0 heterocycles. The maximum atomic E-state index is 5.25. The molecule has 0 bridgehead atoms. The van der Waals surface area contributed by atoms with E-state index in [0.29, 0.717) is 6.79 Å². The average molecular weight is 208 g/mol. The quantitative estimate of drug-likeness (QED) is 0.528. The molecule has 0 atom stereocenters. The van der Waals surface area contributed by atoms with Crippen LogP contribution in [0.15, 0.2) is 18.2 Å². The van der Waals surface area contributed by atoms with Gasteiger partial charge in [-0.2, -0.15) is 0 Å². The van der Waals surface area contributed by atoms with Crippen molar-refractivity contribution in [3.8, 4) is 0 Å². The molecule has 0 aliphatic carbocycles. The lowest BCUT2D eigenvalue weighted by atomic mass is 10.0. The summed E-state index contributed by atoms with van der Waals surface area (Å²) >= 11 is 0. The first-order valence-corrected chi connectivity index (χ1v) is 5.37. The number of aryl methyl sites for hydroxylation is 3. The van der Waals surface area contributed by atoms with Crippen molar-refractivity contribution in [1.82, 2.24) is 0 Å². The van der Waals surface area contributed by atoms with Gasteiger partial charge in [0.2, 0.25) is 0 Å². The zero-order chi connectivity index (χ0) is 11.1. The van der Waals surface area contributed by atoms with Gasteiger partial charge in [-0.1, -0.05) is 23.8 Å². The van der Waals surface area contributed by atoms with Crippen LogP contribution >= 0.6 is 0 Å². The number of hydrogen-bond acceptors (Lipinski definition) is 2. The van der Waals surface area contributed by atoms with E-state index in [9.17, 15) is 0 Å². The van der Waals surface area contributed by atoms with Crippen molar-refractivity contribution in [3.05, 3.63) is 34.9 Å². The van der Waals surface area contributed by atoms with E-state index in [-0.39, 0.29) is 0 Å². The highest BCUT2D eigenvalue weighted by molar-refractivity contribution is 5.30. The summed E-state index contributed by atoms with van der Waals surface area (Å²) in [4.78, 5) is 0. The Labute approximate surface area is 92.2 Å². The Hall–Kier alpha value is -0.860. The van der Waals surface area contributed by atoms with Crippen molar-refractivity contribution in [3.63, 3.8) is 0 Å². The summed E-state index contributed by atoms with van der Waals surface area (Å²) < 4.78 is 10.1. The van der Waals surface area contributed by atoms with Gasteiger partial charge in [0.15, 0.2) is 0 Å². The molecule has 0 aromatic heterocycles. The topological polar surface area (TPSA) is 18.5 Å². The lowest BCUT2D eigenvalue weighted by molar-refractivity contribution is -0.0310. The van der Waals surface area contributed by atoms with Crippen LogP contribution in [0, 0.1) is 13.8 Å². The highest BCUT2D eigenvalue weighted by Crippen LogP contribution is 2.12. The zero-order valence-corrected chi connectivity index (χ0v) is 9.88. The van der Waals surface area contributed by atoms with Gasteiger partial charge in [0.05, 0.1) is 0 Å². The highest BCUT2D eigenvalue weighted by Gasteiger charge is 1.98. The Morgan fingerprint density at radius 2 is 2.00 bits per heavy atom. The summed E-state index contributed by atoms with van der Waals surface area (Å²) in [5, 5.41) is 0. The van der Waals surface area contributed by atoms with Crippen LogP contribution in [0.3, 0.4) is 0 Å². The third-order valence-corrected chi connectivity index (χ3v) is 2.43. The number of benzene rings is 1. The van der Waals surface area contributed by atoms with E-state index < -0.39 is 0 Å². The second-order valence-electron chi connectivity index (χ2n) is 3.85. The summed E-state index contributed by atoms with van der Waals surface area (Å²) in [5.41, 5.74) is 4.12. The van der Waals surface area contributed by atoms with Gasteiger partial charge in [0.1, 0.15) is 6.79 Å². The molecule has 1 aromatic rings. The molecule has 2 nitrogen and oxygen atoms in total. The highest BCUT2D eigenvalue weighted by atomic mass is 16.7. The van der Waals surface area contributed by atoms with E-state index in [2.05, 4.69) is 32.0 Å². The first kappa shape index (κ1) is 12.2. The second kappa shape index (κ2) is 6.59. The van der Waals surface area contributed by atoms with Gasteiger partial charge in [0, 0.05) is 13.7 Å². The Balaban J connectivity index is 2.31. The number of methoxy groups -OCH3 is 1. The molecule has 0 amide bonds. The van der Waals surface area contributed by atoms with E-state index in [1.165, 1.54) is 16.7 Å². The van der Waals surface area contributed by atoms with Gasteiger partial charge in [-0.05, 0) is 37.8 Å². The van der Waals surface area contributed by atoms with Crippen molar-refractivity contribution >= 4 is 0 Å². The van der Waals surface area contributed by atoms with E-state index in [1.54, 1.807) is 7.11 Å². The van der Waals surface area contributed by atoms with Crippen molar-refractivity contribution in [2.75, 3.05) is 20.5 Å². The zero-order valence-electron chi connectivity index (χ0n) is 9.88. The Bertz CT molecular complexity index is 295. The summed E-state index contributed by atoms with van der Waals surface area (Å²) in [5.74, 6) is 0. The first-order valence-electron chi connectivity index (χ1n) is 5.37. The largest absolute Gasteiger partial charge is 0.359 e. The monoisotopic (exact) mass is 208 g/mol. The molecule has 0 aliphatic rings. The standard InChI is InChI=1S/C13H20O2/c1-11-6-7-13(12(2)9-11)5-4-8-15-10-14-3/h6-7,9H,4-5,8,10H2,1-3H3. The minimum Gasteiger partial charge on any atom is -0.359 e. The number of hydrogen-bond donors (Lipinski definition) is 0. The van der Waals surface area contributed by atoms with Gasteiger partial charge in [-0.3, -0.25) is 0 Å². The van der Waals surface area contributed by atoms with Crippen LogP contribution in [0.4, 0.5) is 0 Å². The third-order valence-electron chi connectivity index (χ3n) is 2.43. The molecule has 0 fully saturated rings. The maximum absolute atomic E-state index is 5.25. The molecule has 0 saturated heterocycles. The lowest BCUT2D eigenvalue weighted by Crippen LogP contribution is -2.00. The predicted molar refractivity (Wildman–Crippen MR) is 62.1 cm³/mol. The molecule has 1 aromatic carbocycles. The fraction of sp³-hybridized carbons (Fsp3) is 0.538. The Kier molecular flexibility index (Phi) is 5.37. The van der Waals surface area contributed by atoms with Gasteiger partial charge in [0.25, 0.3) is 0 Å². The van der Waals surface area contributed by atoms with E-state index in [1.807, 2.05) is 0 Å². The maximum Gasteiger partial charge on any atom is 0.146 e. The first-order chi connectivity index (χ1) is 7.24. The molecular weight excluding hydrogens is 188 g/mol. The molecule has 84 valence electrons. The minimum atomic E-state index is 0.396. The number of ether oxygens (including phenoxy) is 2. The fourth-order valence-electron chi connectivity index (χ4n) is 1.63. The molecule has 1 rings (SSSR count). The minimum absolute atomic E-state index is 0.396. The van der Waals surface area contributed by atoms with Crippen LogP contribution in [0.2, 0.25) is 0 Å². The molecule has 0 aliphatic heterocycles. The van der Waals surface area contributed by atoms with Crippen LogP contribution < -0.4 is 0 Å². The molecule has 0 unspecified atom stereocenters. The smallest absolute Gasteiger partial charge is 0.146 e. The van der Waals surface area contributed by atoms with Crippen LogP contribution in [-0.4, -0.2) is 20.5 Å². The molecular formula is C13H20O2. The van der Waals surface area contributed by atoms with Gasteiger partial charge < -0.3 is 9.47 Å². The van der Waals surface area contributed by atoms with Crippen LogP contribution in [0.5, 0.6) is 0 Å². The van der Waals surface area contributed by atoms with Crippen molar-refractivity contribution in [2.45, 2.75) is 26.7 Å². The summed E-state index contributed by atoms with van der Waals surface area (Å²) in [6, 6.07) is 6.60. The molecule has 0 saturated carbocycles. The summed E-state index contributed by atoms with van der Waals surface area (Å²) in [7, 11) is 1.64. The van der Waals surface area contributed by atoms with E-state index in [4.69, 9.17) is 9.47 Å². The molecule has 15 heavy (non-hydrogen) atoms. The van der Waals surface area contributed by atoms with Gasteiger partial charge in [-0.25, -0.2) is 0 Å². The van der Waals surface area contributed by atoms with E-state index in [0.717, 1.165) is 19.4 Å². The van der Waals surface area contributed by atoms with Crippen molar-refractivity contribution in [2.24, 2.45) is 0 Å². The Morgan fingerprint density at radius 1 is 1.20 bits per heavy atom. The predicted octanol–water partition coefficient (Wildman–Crippen LogP) is 2.86. The van der Waals surface area contributed by atoms with Gasteiger partial charge >= 0.3 is 0 Å². The normalized spacial score (nSPS) is 10.6. The number of rotatable bonds is 6. The molecule has 0 N–H and O–H groups in total. The van der Waals surface area contributed by atoms with Crippen molar-refractivity contribution < 1.29 is 9.47 Å².